The Morgan fingerprint density at radius 1 is 0.917 bits per heavy atom. The van der Waals surface area contributed by atoms with Crippen LogP contribution in [-0.2, 0) is 11.3 Å². The molecule has 2 heterocycles. The van der Waals surface area contributed by atoms with Gasteiger partial charge in [-0.2, -0.15) is 0 Å². The van der Waals surface area contributed by atoms with Crippen molar-refractivity contribution in [1.82, 2.24) is 4.57 Å². The SMILES string of the molecule is O=C(CC12CC3CC(CC(C3)C1)C2)Nc1cccc2c(=O)n(CC3COc4ccccc4O3)ccc12. The van der Waals surface area contributed by atoms with Crippen LogP contribution in [0.2, 0.25) is 0 Å². The number of aromatic nitrogens is 1. The molecule has 36 heavy (non-hydrogen) atoms. The molecule has 4 fully saturated rings. The standard InChI is InChI=1S/C30H32N2O4/c33-28(16-30-13-19-10-20(14-30)12-21(11-19)15-30)31-25-5-3-4-24-23(25)8-9-32(29(24)34)17-22-18-35-26-6-1-2-7-27(26)36-22/h1-9,19-22H,10-18H2,(H,31,33). The summed E-state index contributed by atoms with van der Waals surface area (Å²) >= 11 is 0. The van der Waals surface area contributed by atoms with Crippen molar-refractivity contribution in [2.45, 2.75) is 57.6 Å². The molecule has 4 aliphatic carbocycles. The Labute approximate surface area is 210 Å². The summed E-state index contributed by atoms with van der Waals surface area (Å²) in [4.78, 5) is 26.6. The van der Waals surface area contributed by atoms with Gasteiger partial charge in [-0.05, 0) is 92.0 Å². The number of rotatable bonds is 5. The molecule has 4 saturated carbocycles. The van der Waals surface area contributed by atoms with E-state index >= 15 is 0 Å². The van der Waals surface area contributed by atoms with Crippen LogP contribution in [0.15, 0.2) is 59.5 Å². The van der Waals surface area contributed by atoms with E-state index in [0.717, 1.165) is 34.6 Å². The predicted octanol–water partition coefficient (Wildman–Crippen LogP) is 5.39. The van der Waals surface area contributed by atoms with Gasteiger partial charge in [0.15, 0.2) is 17.6 Å². The highest BCUT2D eigenvalue weighted by molar-refractivity contribution is 6.02. The lowest BCUT2D eigenvalue weighted by Gasteiger charge is -2.56. The molecular weight excluding hydrogens is 452 g/mol. The molecule has 0 radical (unpaired) electrons. The van der Waals surface area contributed by atoms with Crippen LogP contribution in [0.5, 0.6) is 11.5 Å². The van der Waals surface area contributed by atoms with Crippen LogP contribution >= 0.6 is 0 Å². The number of pyridine rings is 1. The van der Waals surface area contributed by atoms with E-state index in [1.54, 1.807) is 10.8 Å². The Balaban J connectivity index is 1.09. The molecule has 2 aromatic carbocycles. The number of anilines is 1. The van der Waals surface area contributed by atoms with Gasteiger partial charge in [-0.15, -0.1) is 0 Å². The summed E-state index contributed by atoms with van der Waals surface area (Å²) in [5, 5.41) is 4.55. The quantitative estimate of drug-likeness (QED) is 0.527. The Morgan fingerprint density at radius 3 is 2.39 bits per heavy atom. The maximum Gasteiger partial charge on any atom is 0.258 e. The number of carbonyl (C=O) groups excluding carboxylic acids is 1. The molecule has 1 atom stereocenters. The Morgan fingerprint density at radius 2 is 1.64 bits per heavy atom. The molecule has 5 aliphatic rings. The second-order valence-corrected chi connectivity index (χ2v) is 11.7. The lowest BCUT2D eigenvalue weighted by Crippen LogP contribution is -2.47. The fourth-order valence-electron chi connectivity index (χ4n) is 7.98. The molecule has 0 spiro atoms. The van der Waals surface area contributed by atoms with E-state index in [1.165, 1.54) is 38.5 Å². The van der Waals surface area contributed by atoms with Crippen LogP contribution in [0, 0.1) is 23.2 Å². The van der Waals surface area contributed by atoms with Gasteiger partial charge in [-0.1, -0.05) is 18.2 Å². The summed E-state index contributed by atoms with van der Waals surface area (Å²) in [5.74, 6) is 3.99. The van der Waals surface area contributed by atoms with Crippen molar-refractivity contribution in [2.75, 3.05) is 11.9 Å². The average molecular weight is 485 g/mol. The lowest BCUT2D eigenvalue weighted by molar-refractivity contribution is -0.124. The number of ether oxygens (including phenoxy) is 2. The number of nitrogens with one attached hydrogen (secondary N) is 1. The van der Waals surface area contributed by atoms with E-state index in [4.69, 9.17) is 9.47 Å². The zero-order valence-electron chi connectivity index (χ0n) is 20.4. The van der Waals surface area contributed by atoms with Crippen molar-refractivity contribution in [3.8, 4) is 11.5 Å². The van der Waals surface area contributed by atoms with Crippen molar-refractivity contribution in [3.05, 3.63) is 65.1 Å². The highest BCUT2D eigenvalue weighted by Gasteiger charge is 2.51. The summed E-state index contributed by atoms with van der Waals surface area (Å²) in [6, 6.07) is 15.1. The van der Waals surface area contributed by atoms with Gasteiger partial charge in [0.25, 0.3) is 5.56 Å². The number of hydrogen-bond acceptors (Lipinski definition) is 4. The number of nitrogens with zero attached hydrogens (tertiary/aromatic N) is 1. The molecule has 8 rings (SSSR count). The number of amides is 1. The topological polar surface area (TPSA) is 69.6 Å². The molecule has 0 saturated heterocycles. The molecule has 6 heteroatoms. The van der Waals surface area contributed by atoms with Gasteiger partial charge >= 0.3 is 0 Å². The summed E-state index contributed by atoms with van der Waals surface area (Å²) in [7, 11) is 0. The normalized spacial score (nSPS) is 29.9. The third kappa shape index (κ3) is 3.87. The first-order valence-corrected chi connectivity index (χ1v) is 13.3. The van der Waals surface area contributed by atoms with Gasteiger partial charge in [0.05, 0.1) is 6.54 Å². The second kappa shape index (κ2) is 8.39. The van der Waals surface area contributed by atoms with Crippen molar-refractivity contribution in [3.63, 3.8) is 0 Å². The molecule has 6 nitrogen and oxygen atoms in total. The highest BCUT2D eigenvalue weighted by Crippen LogP contribution is 2.61. The molecule has 4 bridgehead atoms. The predicted molar refractivity (Wildman–Crippen MR) is 138 cm³/mol. The van der Waals surface area contributed by atoms with Crippen LogP contribution in [-0.4, -0.2) is 23.2 Å². The van der Waals surface area contributed by atoms with Crippen molar-refractivity contribution in [1.29, 1.82) is 0 Å². The van der Waals surface area contributed by atoms with Crippen LogP contribution < -0.4 is 20.3 Å². The Bertz CT molecular complexity index is 1360. The molecule has 1 unspecified atom stereocenters. The minimum Gasteiger partial charge on any atom is -0.486 e. The summed E-state index contributed by atoms with van der Waals surface area (Å²) in [5.41, 5.74) is 0.821. The monoisotopic (exact) mass is 484 g/mol. The van der Waals surface area contributed by atoms with Crippen LogP contribution in [0.25, 0.3) is 10.8 Å². The first-order valence-electron chi connectivity index (χ1n) is 13.3. The molecular formula is C30H32N2O4. The summed E-state index contributed by atoms with van der Waals surface area (Å²) in [6.07, 6.45) is 9.91. The first-order chi connectivity index (χ1) is 17.5. The van der Waals surface area contributed by atoms with E-state index in [2.05, 4.69) is 5.32 Å². The van der Waals surface area contributed by atoms with Crippen molar-refractivity contribution < 1.29 is 14.3 Å². The summed E-state index contributed by atoms with van der Waals surface area (Å²) < 4.78 is 13.5. The lowest BCUT2D eigenvalue weighted by atomic mass is 9.49. The molecule has 1 amide bonds. The minimum atomic E-state index is -0.252. The largest absolute Gasteiger partial charge is 0.486 e. The molecule has 186 valence electrons. The van der Waals surface area contributed by atoms with Gasteiger partial charge in [-0.3, -0.25) is 9.59 Å². The van der Waals surface area contributed by atoms with Crippen LogP contribution in [0.4, 0.5) is 5.69 Å². The number of benzene rings is 2. The third-order valence-electron chi connectivity index (χ3n) is 8.96. The Hall–Kier alpha value is -3.28. The number of hydrogen-bond donors (Lipinski definition) is 1. The van der Waals surface area contributed by atoms with Gasteiger partial charge in [-0.25, -0.2) is 0 Å². The maximum atomic E-state index is 13.3. The number of para-hydroxylation sites is 2. The summed E-state index contributed by atoms with van der Waals surface area (Å²) in [6.45, 7) is 0.785. The van der Waals surface area contributed by atoms with E-state index in [-0.39, 0.29) is 23.0 Å². The van der Waals surface area contributed by atoms with E-state index in [1.807, 2.05) is 48.5 Å². The molecule has 1 N–H and O–H groups in total. The second-order valence-electron chi connectivity index (χ2n) is 11.7. The van der Waals surface area contributed by atoms with E-state index in [9.17, 15) is 9.59 Å². The first kappa shape index (κ1) is 22.0. The maximum absolute atomic E-state index is 13.3. The van der Waals surface area contributed by atoms with Crippen molar-refractivity contribution >= 4 is 22.4 Å². The number of carbonyl (C=O) groups is 1. The fourth-order valence-corrected chi connectivity index (χ4v) is 7.98. The smallest absolute Gasteiger partial charge is 0.258 e. The van der Waals surface area contributed by atoms with Gasteiger partial charge in [0.1, 0.15) is 6.61 Å². The van der Waals surface area contributed by atoms with E-state index in [0.29, 0.717) is 30.7 Å². The Kier molecular flexibility index (Phi) is 5.12. The molecule has 3 aromatic rings. The molecule has 1 aliphatic heterocycles. The van der Waals surface area contributed by atoms with Gasteiger partial charge < -0.3 is 19.4 Å². The zero-order chi connectivity index (χ0) is 24.3. The van der Waals surface area contributed by atoms with Gasteiger partial charge in [0, 0.05) is 29.1 Å². The van der Waals surface area contributed by atoms with Gasteiger partial charge in [0.2, 0.25) is 5.91 Å². The van der Waals surface area contributed by atoms with Crippen LogP contribution in [0.1, 0.15) is 44.9 Å². The van der Waals surface area contributed by atoms with E-state index < -0.39 is 0 Å². The average Bonchev–Trinajstić information content (AvgIpc) is 2.85. The highest BCUT2D eigenvalue weighted by atomic mass is 16.6. The third-order valence-corrected chi connectivity index (χ3v) is 8.96. The molecule has 1 aromatic heterocycles. The zero-order valence-corrected chi connectivity index (χ0v) is 20.4. The fraction of sp³-hybridized carbons (Fsp3) is 0.467. The van der Waals surface area contributed by atoms with Crippen molar-refractivity contribution in [2.24, 2.45) is 23.2 Å². The minimum absolute atomic E-state index is 0.0834. The van der Waals surface area contributed by atoms with Crippen LogP contribution in [0.3, 0.4) is 0 Å². The number of fused-ring (bicyclic) bond motifs is 2.